The summed E-state index contributed by atoms with van der Waals surface area (Å²) >= 11 is 1.70. The molecule has 1 aromatic carbocycles. The van der Waals surface area contributed by atoms with Gasteiger partial charge in [-0.05, 0) is 31.9 Å². The number of carboxylic acids is 1. The first-order valence-electron chi connectivity index (χ1n) is 9.27. The van der Waals surface area contributed by atoms with Gasteiger partial charge in [0.2, 0.25) is 0 Å². The van der Waals surface area contributed by atoms with Crippen molar-refractivity contribution < 1.29 is 9.90 Å². The van der Waals surface area contributed by atoms with Crippen molar-refractivity contribution in [1.29, 1.82) is 0 Å². The molecule has 0 aliphatic carbocycles. The maximum absolute atomic E-state index is 11.0. The molecule has 2 aromatic rings. The van der Waals surface area contributed by atoms with Crippen LogP contribution in [-0.4, -0.2) is 58.7 Å². The number of likely N-dealkylation sites (N-methyl/N-ethyl adjacent to an activating group) is 1. The molecule has 1 saturated heterocycles. The van der Waals surface area contributed by atoms with E-state index < -0.39 is 5.97 Å². The SMILES string of the molecule is CN(CC(=O)O)C1CCCN(c2cncc(SCc3ccccc3)n2)CC1. The van der Waals surface area contributed by atoms with Crippen LogP contribution in [0.4, 0.5) is 5.82 Å². The second-order valence-corrected chi connectivity index (χ2v) is 7.87. The summed E-state index contributed by atoms with van der Waals surface area (Å²) in [4.78, 5) is 24.3. The standard InChI is InChI=1S/C20H26N4O2S/c1-23(14-20(25)26)17-8-5-10-24(11-9-17)18-12-21-13-19(22-18)27-15-16-6-3-2-4-7-16/h2-4,6-7,12-13,17H,5,8-11,14-15H2,1H3,(H,25,26). The minimum Gasteiger partial charge on any atom is -0.480 e. The van der Waals surface area contributed by atoms with Crippen LogP contribution in [0.5, 0.6) is 0 Å². The fourth-order valence-electron chi connectivity index (χ4n) is 3.38. The first kappa shape index (κ1) is 19.6. The van der Waals surface area contributed by atoms with E-state index in [1.165, 1.54) is 5.56 Å². The molecule has 1 atom stereocenters. The van der Waals surface area contributed by atoms with Crippen molar-refractivity contribution in [1.82, 2.24) is 14.9 Å². The van der Waals surface area contributed by atoms with Crippen LogP contribution < -0.4 is 4.90 Å². The monoisotopic (exact) mass is 386 g/mol. The molecule has 3 rings (SSSR count). The highest BCUT2D eigenvalue weighted by Crippen LogP contribution is 2.24. The van der Waals surface area contributed by atoms with Gasteiger partial charge in [-0.25, -0.2) is 4.98 Å². The van der Waals surface area contributed by atoms with Crippen LogP contribution in [0.25, 0.3) is 0 Å². The van der Waals surface area contributed by atoms with Gasteiger partial charge in [0.1, 0.15) is 10.8 Å². The zero-order valence-corrected chi connectivity index (χ0v) is 16.4. The number of thioether (sulfide) groups is 1. The van der Waals surface area contributed by atoms with Crippen molar-refractivity contribution in [3.63, 3.8) is 0 Å². The molecular formula is C20H26N4O2S. The molecule has 7 heteroatoms. The Morgan fingerprint density at radius 3 is 2.85 bits per heavy atom. The topological polar surface area (TPSA) is 69.6 Å². The number of anilines is 1. The molecule has 0 bridgehead atoms. The molecule has 1 N–H and O–H groups in total. The minimum absolute atomic E-state index is 0.0933. The molecule has 144 valence electrons. The molecule has 0 radical (unpaired) electrons. The Labute approximate surface area is 164 Å². The molecular weight excluding hydrogens is 360 g/mol. The second kappa shape index (κ2) is 9.71. The van der Waals surface area contributed by atoms with Crippen molar-refractivity contribution in [2.75, 3.05) is 31.6 Å². The zero-order valence-electron chi connectivity index (χ0n) is 15.6. The molecule has 1 aliphatic heterocycles. The molecule has 0 spiro atoms. The predicted molar refractivity (Wildman–Crippen MR) is 108 cm³/mol. The highest BCUT2D eigenvalue weighted by atomic mass is 32.2. The Bertz CT molecular complexity index is 744. The Balaban J connectivity index is 1.58. The van der Waals surface area contributed by atoms with Crippen LogP contribution in [0.15, 0.2) is 47.8 Å². The quantitative estimate of drug-likeness (QED) is 0.733. The van der Waals surface area contributed by atoms with Gasteiger partial charge < -0.3 is 10.0 Å². The first-order chi connectivity index (χ1) is 13.1. The highest BCUT2D eigenvalue weighted by molar-refractivity contribution is 7.98. The molecule has 0 amide bonds. The lowest BCUT2D eigenvalue weighted by molar-refractivity contribution is -0.138. The summed E-state index contributed by atoms with van der Waals surface area (Å²) in [6.45, 7) is 1.89. The first-order valence-corrected chi connectivity index (χ1v) is 10.3. The number of aliphatic carboxylic acids is 1. The van der Waals surface area contributed by atoms with E-state index in [4.69, 9.17) is 10.1 Å². The molecule has 1 aromatic heterocycles. The highest BCUT2D eigenvalue weighted by Gasteiger charge is 2.22. The van der Waals surface area contributed by atoms with Gasteiger partial charge in [-0.2, -0.15) is 0 Å². The number of carboxylic acid groups (broad SMARTS) is 1. The summed E-state index contributed by atoms with van der Waals surface area (Å²) < 4.78 is 0. The van der Waals surface area contributed by atoms with E-state index in [0.717, 1.165) is 48.9 Å². The van der Waals surface area contributed by atoms with Crippen molar-refractivity contribution in [3.05, 3.63) is 48.3 Å². The molecule has 1 unspecified atom stereocenters. The zero-order chi connectivity index (χ0) is 19.1. The lowest BCUT2D eigenvalue weighted by Gasteiger charge is -2.26. The summed E-state index contributed by atoms with van der Waals surface area (Å²) in [6, 6.07) is 10.7. The molecule has 1 fully saturated rings. The summed E-state index contributed by atoms with van der Waals surface area (Å²) in [6.07, 6.45) is 6.62. The Kier molecular flexibility index (Phi) is 7.06. The maximum atomic E-state index is 11.0. The van der Waals surface area contributed by atoms with E-state index in [9.17, 15) is 4.79 Å². The number of nitrogens with zero attached hydrogens (tertiary/aromatic N) is 4. The molecule has 6 nitrogen and oxygen atoms in total. The molecule has 0 saturated carbocycles. The second-order valence-electron chi connectivity index (χ2n) is 6.87. The molecule has 27 heavy (non-hydrogen) atoms. The van der Waals surface area contributed by atoms with Crippen molar-refractivity contribution in [2.24, 2.45) is 0 Å². The summed E-state index contributed by atoms with van der Waals surface area (Å²) in [7, 11) is 1.90. The minimum atomic E-state index is -0.771. The van der Waals surface area contributed by atoms with Gasteiger partial charge in [-0.1, -0.05) is 30.3 Å². The smallest absolute Gasteiger partial charge is 0.317 e. The van der Waals surface area contributed by atoms with Gasteiger partial charge in [0.05, 0.1) is 18.9 Å². The van der Waals surface area contributed by atoms with Crippen LogP contribution in [0.2, 0.25) is 0 Å². The predicted octanol–water partition coefficient (Wildman–Crippen LogP) is 3.14. The fraction of sp³-hybridized carbons (Fsp3) is 0.450. The number of hydrogen-bond acceptors (Lipinski definition) is 6. The maximum Gasteiger partial charge on any atom is 0.317 e. The van der Waals surface area contributed by atoms with E-state index >= 15 is 0 Å². The van der Waals surface area contributed by atoms with E-state index in [1.807, 2.05) is 42.5 Å². The number of rotatable bonds is 7. The van der Waals surface area contributed by atoms with Gasteiger partial charge in [-0.3, -0.25) is 14.7 Å². The normalized spacial score (nSPS) is 17.7. The third-order valence-corrected chi connectivity index (χ3v) is 5.83. The molecule has 1 aliphatic rings. The van der Waals surface area contributed by atoms with Crippen LogP contribution in [0, 0.1) is 0 Å². The number of benzene rings is 1. The largest absolute Gasteiger partial charge is 0.480 e. The van der Waals surface area contributed by atoms with E-state index in [-0.39, 0.29) is 6.54 Å². The number of hydrogen-bond donors (Lipinski definition) is 1. The Hall–Kier alpha value is -2.12. The van der Waals surface area contributed by atoms with E-state index in [1.54, 1.807) is 11.8 Å². The summed E-state index contributed by atoms with van der Waals surface area (Å²) in [5.41, 5.74) is 1.27. The van der Waals surface area contributed by atoms with Crippen molar-refractivity contribution in [3.8, 4) is 0 Å². The lowest BCUT2D eigenvalue weighted by atomic mass is 10.1. The number of aromatic nitrogens is 2. The van der Waals surface area contributed by atoms with E-state index in [0.29, 0.717) is 6.04 Å². The van der Waals surface area contributed by atoms with Gasteiger partial charge in [0, 0.05) is 24.9 Å². The van der Waals surface area contributed by atoms with Crippen molar-refractivity contribution in [2.45, 2.75) is 36.1 Å². The van der Waals surface area contributed by atoms with Gasteiger partial charge in [0.15, 0.2) is 0 Å². The van der Waals surface area contributed by atoms with Crippen LogP contribution in [0.3, 0.4) is 0 Å². The van der Waals surface area contributed by atoms with Crippen LogP contribution >= 0.6 is 11.8 Å². The van der Waals surface area contributed by atoms with E-state index in [2.05, 4.69) is 22.0 Å². The number of carbonyl (C=O) groups is 1. The van der Waals surface area contributed by atoms with Gasteiger partial charge in [-0.15, -0.1) is 11.8 Å². The van der Waals surface area contributed by atoms with Crippen molar-refractivity contribution >= 4 is 23.5 Å². The van der Waals surface area contributed by atoms with Gasteiger partial charge in [0.25, 0.3) is 0 Å². The summed E-state index contributed by atoms with van der Waals surface area (Å²) in [5, 5.41) is 9.94. The van der Waals surface area contributed by atoms with Crippen LogP contribution in [0.1, 0.15) is 24.8 Å². The molecule has 2 heterocycles. The third kappa shape index (κ3) is 5.94. The fourth-order valence-corrected chi connectivity index (χ4v) is 4.18. The van der Waals surface area contributed by atoms with Gasteiger partial charge >= 0.3 is 5.97 Å². The lowest BCUT2D eigenvalue weighted by Crippen LogP contribution is -2.36. The Morgan fingerprint density at radius 1 is 1.26 bits per heavy atom. The average molecular weight is 387 g/mol. The average Bonchev–Trinajstić information content (AvgIpc) is 2.93. The Morgan fingerprint density at radius 2 is 2.07 bits per heavy atom. The third-order valence-electron chi connectivity index (χ3n) is 4.86. The summed E-state index contributed by atoms with van der Waals surface area (Å²) in [5.74, 6) is 1.02. The van der Waals surface area contributed by atoms with Crippen LogP contribution in [-0.2, 0) is 10.5 Å².